The van der Waals surface area contributed by atoms with E-state index in [0.29, 0.717) is 5.69 Å². The van der Waals surface area contributed by atoms with Crippen LogP contribution in [0.2, 0.25) is 5.02 Å². The van der Waals surface area contributed by atoms with Crippen LogP contribution in [0.15, 0.2) is 24.3 Å². The van der Waals surface area contributed by atoms with E-state index in [0.717, 1.165) is 73.8 Å². The Kier molecular flexibility index (Phi) is 4.29. The van der Waals surface area contributed by atoms with Crippen LogP contribution in [0.4, 0.5) is 0 Å². The van der Waals surface area contributed by atoms with Gasteiger partial charge < -0.3 is 4.90 Å². The van der Waals surface area contributed by atoms with E-state index in [-0.39, 0.29) is 5.91 Å². The molecular formula is C18H21ClN4O. The van der Waals surface area contributed by atoms with Gasteiger partial charge in [-0.25, -0.2) is 0 Å². The van der Waals surface area contributed by atoms with Crippen LogP contribution in [0, 0.1) is 0 Å². The summed E-state index contributed by atoms with van der Waals surface area (Å²) in [6, 6.07) is 7.95. The Morgan fingerprint density at radius 1 is 1.17 bits per heavy atom. The third-order valence-electron chi connectivity index (χ3n) is 5.02. The number of carbonyl (C=O) groups is 1. The molecule has 4 rings (SSSR count). The maximum atomic E-state index is 12.7. The number of amides is 1. The van der Waals surface area contributed by atoms with Crippen molar-refractivity contribution in [2.24, 2.45) is 0 Å². The number of benzene rings is 1. The highest BCUT2D eigenvalue weighted by atomic mass is 35.5. The summed E-state index contributed by atoms with van der Waals surface area (Å²) in [6.07, 6.45) is 3.11. The van der Waals surface area contributed by atoms with E-state index in [4.69, 9.17) is 11.6 Å². The van der Waals surface area contributed by atoms with Crippen molar-refractivity contribution in [2.75, 3.05) is 26.2 Å². The molecule has 1 saturated heterocycles. The first kappa shape index (κ1) is 15.7. The van der Waals surface area contributed by atoms with Crippen molar-refractivity contribution in [1.82, 2.24) is 20.0 Å². The average Bonchev–Trinajstić information content (AvgIpc) is 3.20. The lowest BCUT2D eigenvalue weighted by Gasteiger charge is -2.34. The fourth-order valence-electron chi connectivity index (χ4n) is 3.62. The number of halogens is 1. The van der Waals surface area contributed by atoms with Crippen LogP contribution in [0.1, 0.15) is 33.7 Å². The fourth-order valence-corrected chi connectivity index (χ4v) is 3.82. The van der Waals surface area contributed by atoms with Gasteiger partial charge in [-0.3, -0.25) is 14.8 Å². The maximum absolute atomic E-state index is 12.7. The zero-order valence-electron chi connectivity index (χ0n) is 13.6. The highest BCUT2D eigenvalue weighted by Crippen LogP contribution is 2.24. The van der Waals surface area contributed by atoms with Crippen LogP contribution in [-0.4, -0.2) is 52.1 Å². The molecule has 0 spiro atoms. The highest BCUT2D eigenvalue weighted by molar-refractivity contribution is 6.31. The van der Waals surface area contributed by atoms with Crippen LogP contribution in [0.3, 0.4) is 0 Å². The number of nitrogens with zero attached hydrogens (tertiary/aromatic N) is 3. The summed E-state index contributed by atoms with van der Waals surface area (Å²) >= 11 is 6.24. The van der Waals surface area contributed by atoms with Gasteiger partial charge in [0.2, 0.25) is 0 Å². The first-order valence-corrected chi connectivity index (χ1v) is 8.91. The Morgan fingerprint density at radius 2 is 1.96 bits per heavy atom. The minimum atomic E-state index is 0.0757. The van der Waals surface area contributed by atoms with E-state index in [1.54, 1.807) is 0 Å². The molecule has 5 nitrogen and oxygen atoms in total. The van der Waals surface area contributed by atoms with Crippen LogP contribution in [0.5, 0.6) is 0 Å². The molecule has 1 aliphatic heterocycles. The average molecular weight is 345 g/mol. The molecule has 2 aromatic rings. The van der Waals surface area contributed by atoms with Gasteiger partial charge in [-0.15, -0.1) is 0 Å². The first-order valence-electron chi connectivity index (χ1n) is 8.53. The molecule has 1 aliphatic carbocycles. The summed E-state index contributed by atoms with van der Waals surface area (Å²) in [7, 11) is 0. The summed E-state index contributed by atoms with van der Waals surface area (Å²) < 4.78 is 0. The number of fused-ring (bicyclic) bond motifs is 1. The van der Waals surface area contributed by atoms with Crippen LogP contribution in [-0.2, 0) is 19.4 Å². The number of carbonyl (C=O) groups excluding carboxylic acids is 1. The Hall–Kier alpha value is -1.85. The van der Waals surface area contributed by atoms with Gasteiger partial charge >= 0.3 is 0 Å². The topological polar surface area (TPSA) is 52.2 Å². The minimum absolute atomic E-state index is 0.0757. The Bertz CT molecular complexity index is 749. The van der Waals surface area contributed by atoms with Gasteiger partial charge in [0.05, 0.1) is 0 Å². The number of rotatable bonds is 3. The quantitative estimate of drug-likeness (QED) is 0.930. The van der Waals surface area contributed by atoms with Crippen molar-refractivity contribution in [2.45, 2.75) is 25.8 Å². The van der Waals surface area contributed by atoms with E-state index in [1.807, 2.05) is 23.1 Å². The highest BCUT2D eigenvalue weighted by Gasteiger charge is 2.28. The zero-order valence-corrected chi connectivity index (χ0v) is 14.4. The summed E-state index contributed by atoms with van der Waals surface area (Å²) in [4.78, 5) is 17.0. The van der Waals surface area contributed by atoms with Crippen molar-refractivity contribution < 1.29 is 4.79 Å². The first-order chi connectivity index (χ1) is 11.7. The van der Waals surface area contributed by atoms with Gasteiger partial charge in [0, 0.05) is 49.0 Å². The molecule has 2 aliphatic rings. The zero-order chi connectivity index (χ0) is 16.5. The summed E-state index contributed by atoms with van der Waals surface area (Å²) in [5.41, 5.74) is 4.07. The molecule has 0 atom stereocenters. The lowest BCUT2D eigenvalue weighted by atomic mass is 10.1. The van der Waals surface area contributed by atoms with Crippen molar-refractivity contribution in [3.8, 4) is 0 Å². The van der Waals surface area contributed by atoms with Gasteiger partial charge in [0.15, 0.2) is 5.69 Å². The van der Waals surface area contributed by atoms with E-state index in [9.17, 15) is 4.79 Å². The third-order valence-corrected chi connectivity index (χ3v) is 5.39. The van der Waals surface area contributed by atoms with E-state index >= 15 is 0 Å². The Balaban J connectivity index is 1.37. The normalized spacial score (nSPS) is 18.0. The predicted molar refractivity (Wildman–Crippen MR) is 93.2 cm³/mol. The van der Waals surface area contributed by atoms with Crippen molar-refractivity contribution in [1.29, 1.82) is 0 Å². The molecule has 1 fully saturated rings. The van der Waals surface area contributed by atoms with Crippen molar-refractivity contribution in [3.05, 3.63) is 51.8 Å². The molecule has 24 heavy (non-hydrogen) atoms. The number of hydrogen-bond acceptors (Lipinski definition) is 3. The number of nitrogens with one attached hydrogen (secondary N) is 1. The lowest BCUT2D eigenvalue weighted by molar-refractivity contribution is 0.0621. The van der Waals surface area contributed by atoms with Crippen molar-refractivity contribution >= 4 is 17.5 Å². The number of aryl methyl sites for hydroxylation is 1. The summed E-state index contributed by atoms with van der Waals surface area (Å²) in [6.45, 7) is 4.04. The Labute approximate surface area is 146 Å². The van der Waals surface area contributed by atoms with E-state index < -0.39 is 0 Å². The number of aromatic amines is 1. The smallest absolute Gasteiger partial charge is 0.274 e. The number of aromatic nitrogens is 2. The SMILES string of the molecule is O=C(c1n[nH]c2c1CCC2)N1CCN(Cc2ccccc2Cl)CC1. The van der Waals surface area contributed by atoms with Crippen LogP contribution in [0.25, 0.3) is 0 Å². The molecule has 2 heterocycles. The molecule has 0 radical (unpaired) electrons. The molecule has 6 heteroatoms. The summed E-state index contributed by atoms with van der Waals surface area (Å²) in [5, 5.41) is 8.10. The van der Waals surface area contributed by atoms with Gasteiger partial charge in [-0.1, -0.05) is 29.8 Å². The summed E-state index contributed by atoms with van der Waals surface area (Å²) in [5.74, 6) is 0.0757. The molecule has 126 valence electrons. The molecular weight excluding hydrogens is 324 g/mol. The number of piperazine rings is 1. The van der Waals surface area contributed by atoms with Gasteiger partial charge in [-0.05, 0) is 30.9 Å². The molecule has 1 aromatic carbocycles. The number of H-pyrrole nitrogens is 1. The predicted octanol–water partition coefficient (Wildman–Crippen LogP) is 2.51. The molecule has 0 unspecified atom stereocenters. The van der Waals surface area contributed by atoms with E-state index in [2.05, 4.69) is 21.2 Å². The van der Waals surface area contributed by atoms with E-state index in [1.165, 1.54) is 0 Å². The lowest BCUT2D eigenvalue weighted by Crippen LogP contribution is -2.48. The van der Waals surface area contributed by atoms with Gasteiger partial charge in [0.25, 0.3) is 5.91 Å². The Morgan fingerprint density at radius 3 is 2.75 bits per heavy atom. The third kappa shape index (κ3) is 2.94. The largest absolute Gasteiger partial charge is 0.335 e. The van der Waals surface area contributed by atoms with Gasteiger partial charge in [-0.2, -0.15) is 5.10 Å². The number of hydrogen-bond donors (Lipinski definition) is 1. The second-order valence-electron chi connectivity index (χ2n) is 6.54. The minimum Gasteiger partial charge on any atom is -0.335 e. The second-order valence-corrected chi connectivity index (χ2v) is 6.95. The monoisotopic (exact) mass is 344 g/mol. The van der Waals surface area contributed by atoms with Gasteiger partial charge in [0.1, 0.15) is 0 Å². The molecule has 1 N–H and O–H groups in total. The molecule has 0 saturated carbocycles. The molecule has 0 bridgehead atoms. The second kappa shape index (κ2) is 6.57. The maximum Gasteiger partial charge on any atom is 0.274 e. The van der Waals surface area contributed by atoms with Crippen molar-refractivity contribution in [3.63, 3.8) is 0 Å². The fraction of sp³-hybridized carbons (Fsp3) is 0.444. The van der Waals surface area contributed by atoms with Crippen LogP contribution >= 0.6 is 11.6 Å². The molecule has 1 aromatic heterocycles. The standard InChI is InChI=1S/C18H21ClN4O/c19-15-6-2-1-4-13(15)12-22-8-10-23(11-9-22)18(24)17-14-5-3-7-16(14)20-21-17/h1-2,4,6H,3,5,7-12H2,(H,20,21). The molecule has 1 amide bonds. The van der Waals surface area contributed by atoms with Crippen LogP contribution < -0.4 is 0 Å².